The molecule has 0 spiro atoms. The fourth-order valence-corrected chi connectivity index (χ4v) is 3.17. The minimum Gasteiger partial charge on any atom is -0.310 e. The van der Waals surface area contributed by atoms with E-state index < -0.39 is 0 Å². The van der Waals surface area contributed by atoms with Crippen molar-refractivity contribution < 1.29 is 0 Å². The molecule has 2 rings (SSSR count). The molecule has 0 aliphatic rings. The molecule has 0 radical (unpaired) electrons. The van der Waals surface area contributed by atoms with Crippen LogP contribution in [0.3, 0.4) is 0 Å². The predicted molar refractivity (Wildman–Crippen MR) is 84.4 cm³/mol. The molecule has 4 heteroatoms. The van der Waals surface area contributed by atoms with Crippen LogP contribution in [0.1, 0.15) is 42.4 Å². The van der Waals surface area contributed by atoms with Crippen LogP contribution in [0.25, 0.3) is 0 Å². The molecule has 1 aromatic heterocycles. The maximum atomic E-state index is 12.1. The van der Waals surface area contributed by atoms with Crippen molar-refractivity contribution in [1.82, 2.24) is 9.97 Å². The third kappa shape index (κ3) is 3.31. The highest BCUT2D eigenvalue weighted by Crippen LogP contribution is 2.24. The molecule has 0 aliphatic carbocycles. The third-order valence-corrected chi connectivity index (χ3v) is 4.42. The highest BCUT2D eigenvalue weighted by Gasteiger charge is 2.11. The van der Waals surface area contributed by atoms with Crippen LogP contribution >= 0.6 is 11.8 Å². The standard InChI is InChI=1S/C16H20N2OS/c1-10(2)15-12(4)17-14(18-16(15)19)9-20-13-8-6-5-7-11(13)3/h5-8,10H,9H2,1-4H3,(H,17,18,19). The number of nitrogens with zero attached hydrogens (tertiary/aromatic N) is 1. The number of nitrogens with one attached hydrogen (secondary N) is 1. The zero-order valence-electron chi connectivity index (χ0n) is 12.4. The first-order valence-electron chi connectivity index (χ1n) is 6.77. The van der Waals surface area contributed by atoms with Crippen LogP contribution in [0, 0.1) is 13.8 Å². The van der Waals surface area contributed by atoms with Crippen LogP contribution in [0.2, 0.25) is 0 Å². The number of aromatic amines is 1. The molecule has 0 atom stereocenters. The molecule has 0 fully saturated rings. The van der Waals surface area contributed by atoms with Gasteiger partial charge in [-0.1, -0.05) is 32.0 Å². The Labute approximate surface area is 123 Å². The average Bonchev–Trinajstić information content (AvgIpc) is 2.36. The summed E-state index contributed by atoms with van der Waals surface area (Å²) in [6, 6.07) is 8.23. The Balaban J connectivity index is 2.20. The fraction of sp³-hybridized carbons (Fsp3) is 0.375. The van der Waals surface area contributed by atoms with Gasteiger partial charge in [0, 0.05) is 16.2 Å². The van der Waals surface area contributed by atoms with Gasteiger partial charge in [0.2, 0.25) is 0 Å². The van der Waals surface area contributed by atoms with E-state index in [9.17, 15) is 4.79 Å². The van der Waals surface area contributed by atoms with Gasteiger partial charge in [-0.3, -0.25) is 4.79 Å². The van der Waals surface area contributed by atoms with Gasteiger partial charge in [0.15, 0.2) is 0 Å². The monoisotopic (exact) mass is 288 g/mol. The highest BCUT2D eigenvalue weighted by atomic mass is 32.2. The molecule has 20 heavy (non-hydrogen) atoms. The van der Waals surface area contributed by atoms with Gasteiger partial charge in [-0.2, -0.15) is 0 Å². The van der Waals surface area contributed by atoms with E-state index in [4.69, 9.17) is 0 Å². The average molecular weight is 288 g/mol. The molecular formula is C16H20N2OS. The predicted octanol–water partition coefficient (Wildman–Crippen LogP) is 3.80. The van der Waals surface area contributed by atoms with Gasteiger partial charge in [0.1, 0.15) is 5.82 Å². The molecule has 0 bridgehead atoms. The second kappa shape index (κ2) is 6.27. The van der Waals surface area contributed by atoms with E-state index in [1.54, 1.807) is 11.8 Å². The summed E-state index contributed by atoms with van der Waals surface area (Å²) in [7, 11) is 0. The van der Waals surface area contributed by atoms with Crippen molar-refractivity contribution in [2.45, 2.75) is 44.3 Å². The maximum Gasteiger partial charge on any atom is 0.254 e. The number of rotatable bonds is 4. The van der Waals surface area contributed by atoms with Crippen molar-refractivity contribution >= 4 is 11.8 Å². The van der Waals surface area contributed by atoms with E-state index in [-0.39, 0.29) is 11.5 Å². The number of hydrogen-bond acceptors (Lipinski definition) is 3. The largest absolute Gasteiger partial charge is 0.310 e. The SMILES string of the molecule is Cc1ccccc1SCc1nc(C)c(C(C)C)c(=O)[nH]1. The zero-order chi connectivity index (χ0) is 14.7. The van der Waals surface area contributed by atoms with E-state index >= 15 is 0 Å². The van der Waals surface area contributed by atoms with Gasteiger partial charge in [0.25, 0.3) is 5.56 Å². The van der Waals surface area contributed by atoms with Crippen molar-refractivity contribution in [2.24, 2.45) is 0 Å². The smallest absolute Gasteiger partial charge is 0.254 e. The first-order chi connectivity index (χ1) is 9.49. The molecular weight excluding hydrogens is 268 g/mol. The lowest BCUT2D eigenvalue weighted by Crippen LogP contribution is -2.19. The summed E-state index contributed by atoms with van der Waals surface area (Å²) in [4.78, 5) is 20.7. The molecule has 0 amide bonds. The molecule has 1 aromatic carbocycles. The highest BCUT2D eigenvalue weighted by molar-refractivity contribution is 7.98. The van der Waals surface area contributed by atoms with Gasteiger partial charge in [0.05, 0.1) is 5.75 Å². The summed E-state index contributed by atoms with van der Waals surface area (Å²) >= 11 is 1.70. The molecule has 0 saturated heterocycles. The minimum absolute atomic E-state index is 0.00659. The Morgan fingerprint density at radius 2 is 1.95 bits per heavy atom. The van der Waals surface area contributed by atoms with Crippen molar-refractivity contribution in [3.8, 4) is 0 Å². The molecule has 0 unspecified atom stereocenters. The lowest BCUT2D eigenvalue weighted by molar-refractivity contribution is 0.799. The molecule has 1 heterocycles. The second-order valence-electron chi connectivity index (χ2n) is 5.22. The number of benzene rings is 1. The Bertz CT molecular complexity index is 662. The molecule has 1 N–H and O–H groups in total. The minimum atomic E-state index is -0.00659. The molecule has 0 saturated carbocycles. The number of hydrogen-bond donors (Lipinski definition) is 1. The lowest BCUT2D eigenvalue weighted by atomic mass is 10.0. The van der Waals surface area contributed by atoms with Crippen LogP contribution in [-0.4, -0.2) is 9.97 Å². The fourth-order valence-electron chi connectivity index (χ4n) is 2.27. The summed E-state index contributed by atoms with van der Waals surface area (Å²) < 4.78 is 0. The topological polar surface area (TPSA) is 45.8 Å². The van der Waals surface area contributed by atoms with Gasteiger partial charge in [-0.05, 0) is 31.4 Å². The van der Waals surface area contributed by atoms with E-state index in [1.807, 2.05) is 32.9 Å². The Hall–Kier alpha value is -1.55. The summed E-state index contributed by atoms with van der Waals surface area (Å²) in [5.74, 6) is 1.62. The van der Waals surface area contributed by atoms with Gasteiger partial charge >= 0.3 is 0 Å². The molecule has 106 valence electrons. The first kappa shape index (κ1) is 14.9. The Morgan fingerprint density at radius 3 is 2.55 bits per heavy atom. The summed E-state index contributed by atoms with van der Waals surface area (Å²) in [5.41, 5.74) is 2.86. The van der Waals surface area contributed by atoms with Crippen LogP contribution in [0.15, 0.2) is 34.0 Å². The maximum absolute atomic E-state index is 12.1. The summed E-state index contributed by atoms with van der Waals surface area (Å²) in [6.45, 7) is 8.03. The quantitative estimate of drug-likeness (QED) is 0.870. The molecule has 2 aromatic rings. The van der Waals surface area contributed by atoms with Crippen molar-refractivity contribution in [1.29, 1.82) is 0 Å². The van der Waals surface area contributed by atoms with Crippen molar-refractivity contribution in [3.63, 3.8) is 0 Å². The van der Waals surface area contributed by atoms with Crippen molar-refractivity contribution in [2.75, 3.05) is 0 Å². The summed E-state index contributed by atoms with van der Waals surface area (Å²) in [6.07, 6.45) is 0. The molecule has 3 nitrogen and oxygen atoms in total. The summed E-state index contributed by atoms with van der Waals surface area (Å²) in [5, 5.41) is 0. The van der Waals surface area contributed by atoms with Crippen LogP contribution in [0.4, 0.5) is 0 Å². The Morgan fingerprint density at radius 1 is 1.25 bits per heavy atom. The van der Waals surface area contributed by atoms with E-state index in [0.29, 0.717) is 5.75 Å². The number of aryl methyl sites for hydroxylation is 2. The van der Waals surface area contributed by atoms with Gasteiger partial charge < -0.3 is 4.98 Å². The second-order valence-corrected chi connectivity index (χ2v) is 6.24. The van der Waals surface area contributed by atoms with Gasteiger partial charge in [-0.15, -0.1) is 11.8 Å². The first-order valence-corrected chi connectivity index (χ1v) is 7.75. The Kier molecular flexibility index (Phi) is 4.65. The van der Waals surface area contributed by atoms with E-state index in [0.717, 1.165) is 17.1 Å². The third-order valence-electron chi connectivity index (χ3n) is 3.23. The van der Waals surface area contributed by atoms with Crippen LogP contribution in [-0.2, 0) is 5.75 Å². The zero-order valence-corrected chi connectivity index (χ0v) is 13.2. The van der Waals surface area contributed by atoms with Gasteiger partial charge in [-0.25, -0.2) is 4.98 Å². The van der Waals surface area contributed by atoms with Crippen molar-refractivity contribution in [3.05, 3.63) is 57.3 Å². The van der Waals surface area contributed by atoms with E-state index in [2.05, 4.69) is 29.0 Å². The molecule has 0 aliphatic heterocycles. The number of thioether (sulfide) groups is 1. The normalized spacial score (nSPS) is 11.1. The number of aromatic nitrogens is 2. The van der Waals surface area contributed by atoms with E-state index in [1.165, 1.54) is 10.5 Å². The van der Waals surface area contributed by atoms with Crippen LogP contribution in [0.5, 0.6) is 0 Å². The lowest BCUT2D eigenvalue weighted by Gasteiger charge is -2.10. The number of H-pyrrole nitrogens is 1. The van der Waals surface area contributed by atoms with Crippen LogP contribution < -0.4 is 5.56 Å².